The van der Waals surface area contributed by atoms with Crippen LogP contribution in [-0.4, -0.2) is 66.8 Å². The molecule has 3 atom stereocenters. The largest absolute Gasteiger partial charge is 0.508 e. The Labute approximate surface area is 204 Å². The van der Waals surface area contributed by atoms with Crippen LogP contribution in [0, 0.1) is 0 Å². The molecule has 4 bridgehead atoms. The van der Waals surface area contributed by atoms with Gasteiger partial charge in [0, 0.05) is 18.5 Å². The van der Waals surface area contributed by atoms with Crippen LogP contribution in [0.15, 0.2) is 36.4 Å². The highest BCUT2D eigenvalue weighted by Gasteiger charge is 2.29. The van der Waals surface area contributed by atoms with Gasteiger partial charge in [-0.2, -0.15) is 0 Å². The molecule has 10 nitrogen and oxygen atoms in total. The fraction of sp³-hybridized carbons (Fsp3) is 0.400. The number of anilines is 1. The minimum absolute atomic E-state index is 0.0258. The third kappa shape index (κ3) is 6.49. The molecule has 0 radical (unpaired) electrons. The molecule has 0 saturated carbocycles. The van der Waals surface area contributed by atoms with Crippen molar-refractivity contribution in [1.82, 2.24) is 21.3 Å². The van der Waals surface area contributed by atoms with Crippen molar-refractivity contribution in [2.24, 2.45) is 0 Å². The number of phenolic OH excluding ortho intramolecular Hbond substituents is 1. The maximum Gasteiger partial charge on any atom is 0.326 e. The standard InChI is InChI=1S/C25H33N5O5/c1-27-9-3-4-19-23(32)30-21(25(34)35)12-16-10-14(5-7-18(16)26)15-6-8-22(31)17(11-15)13-20(28-2)24(33)29-19/h5-8,10-11,19-21,27-28,31H,3-4,9,12-13,26H2,1-2H3,(H,29,33)(H,30,32)(H,34,35)/t19-,20-,21-/m0/s1. The summed E-state index contributed by atoms with van der Waals surface area (Å²) in [4.78, 5) is 38.2. The second-order valence-electron chi connectivity index (χ2n) is 8.71. The summed E-state index contributed by atoms with van der Waals surface area (Å²) in [6.45, 7) is 0.626. The monoisotopic (exact) mass is 483 g/mol. The lowest BCUT2D eigenvalue weighted by atomic mass is 9.95. The zero-order valence-electron chi connectivity index (χ0n) is 19.9. The van der Waals surface area contributed by atoms with E-state index in [9.17, 15) is 24.6 Å². The Hall–Kier alpha value is -3.63. The van der Waals surface area contributed by atoms with E-state index in [1.807, 2.05) is 6.07 Å². The number of aromatic hydroxyl groups is 1. The molecule has 188 valence electrons. The Bertz CT molecular complexity index is 1090. The predicted molar refractivity (Wildman–Crippen MR) is 133 cm³/mol. The van der Waals surface area contributed by atoms with Gasteiger partial charge in [0.15, 0.2) is 0 Å². The molecular weight excluding hydrogens is 450 g/mol. The number of fused-ring (bicyclic) bond motifs is 5. The van der Waals surface area contributed by atoms with Crippen LogP contribution in [0.3, 0.4) is 0 Å². The fourth-order valence-electron chi connectivity index (χ4n) is 4.15. The highest BCUT2D eigenvalue weighted by atomic mass is 16.4. The van der Waals surface area contributed by atoms with Crippen LogP contribution in [0.4, 0.5) is 5.69 Å². The van der Waals surface area contributed by atoms with Crippen LogP contribution in [0.25, 0.3) is 11.1 Å². The van der Waals surface area contributed by atoms with Gasteiger partial charge in [-0.3, -0.25) is 9.59 Å². The third-order valence-electron chi connectivity index (χ3n) is 6.24. The molecular formula is C25H33N5O5. The number of hydrogen-bond acceptors (Lipinski definition) is 7. The number of carboxylic acids is 1. The molecule has 0 aromatic heterocycles. The van der Waals surface area contributed by atoms with Crippen LogP contribution in [0.5, 0.6) is 5.75 Å². The molecule has 0 aliphatic carbocycles. The second kappa shape index (κ2) is 11.7. The Kier molecular flexibility index (Phi) is 8.67. The summed E-state index contributed by atoms with van der Waals surface area (Å²) in [5, 5.41) is 31.6. The Morgan fingerprint density at radius 1 is 1.03 bits per heavy atom. The Morgan fingerprint density at radius 3 is 2.37 bits per heavy atom. The number of nitrogen functional groups attached to an aromatic ring is 1. The van der Waals surface area contributed by atoms with Crippen LogP contribution in [0.1, 0.15) is 24.0 Å². The van der Waals surface area contributed by atoms with Crippen LogP contribution in [0.2, 0.25) is 0 Å². The first-order valence-electron chi connectivity index (χ1n) is 11.6. The van der Waals surface area contributed by atoms with Crippen molar-refractivity contribution in [2.45, 2.75) is 43.8 Å². The summed E-state index contributed by atoms with van der Waals surface area (Å²) in [6, 6.07) is 7.51. The molecule has 10 heteroatoms. The molecule has 1 aliphatic heterocycles. The quantitative estimate of drug-likeness (QED) is 0.229. The molecule has 1 aliphatic rings. The summed E-state index contributed by atoms with van der Waals surface area (Å²) in [6.07, 6.45) is 1.07. The number of rotatable bonds is 6. The third-order valence-corrected chi connectivity index (χ3v) is 6.24. The van der Waals surface area contributed by atoms with Crippen molar-refractivity contribution >= 4 is 23.5 Å². The Balaban J connectivity index is 2.08. The molecule has 2 aromatic rings. The number of aliphatic carboxylic acids is 1. The van der Waals surface area contributed by atoms with Gasteiger partial charge in [-0.25, -0.2) is 4.79 Å². The minimum Gasteiger partial charge on any atom is -0.508 e. The van der Waals surface area contributed by atoms with Gasteiger partial charge < -0.3 is 37.2 Å². The number of phenols is 1. The average Bonchev–Trinajstić information content (AvgIpc) is 2.83. The van der Waals surface area contributed by atoms with Crippen molar-refractivity contribution in [3.63, 3.8) is 0 Å². The number of nitrogens with two attached hydrogens (primary N) is 1. The molecule has 0 saturated heterocycles. The number of benzene rings is 2. The van der Waals surface area contributed by atoms with Crippen molar-refractivity contribution in [1.29, 1.82) is 0 Å². The summed E-state index contributed by atoms with van der Waals surface area (Å²) in [5.74, 6) is -2.15. The molecule has 0 unspecified atom stereocenters. The van der Waals surface area contributed by atoms with E-state index in [1.165, 1.54) is 0 Å². The number of likely N-dealkylation sites (N-methyl/N-ethyl adjacent to an activating group) is 1. The van der Waals surface area contributed by atoms with Crippen molar-refractivity contribution < 1.29 is 24.6 Å². The highest BCUT2D eigenvalue weighted by molar-refractivity contribution is 5.92. The van der Waals surface area contributed by atoms with Crippen LogP contribution < -0.4 is 27.0 Å². The molecule has 1 heterocycles. The zero-order valence-corrected chi connectivity index (χ0v) is 19.9. The van der Waals surface area contributed by atoms with Crippen LogP contribution in [-0.2, 0) is 27.2 Å². The summed E-state index contributed by atoms with van der Waals surface area (Å²) in [7, 11) is 3.41. The van der Waals surface area contributed by atoms with E-state index in [-0.39, 0.29) is 18.6 Å². The number of hydrogen-bond donors (Lipinski definition) is 7. The van der Waals surface area contributed by atoms with Gasteiger partial charge in [0.2, 0.25) is 11.8 Å². The van der Waals surface area contributed by atoms with Crippen molar-refractivity contribution in [3.05, 3.63) is 47.5 Å². The van der Waals surface area contributed by atoms with Gasteiger partial charge in [0.25, 0.3) is 0 Å². The van der Waals surface area contributed by atoms with Gasteiger partial charge in [-0.05, 0) is 80.0 Å². The first-order valence-corrected chi connectivity index (χ1v) is 11.6. The number of carbonyl (C=O) groups is 3. The molecule has 8 N–H and O–H groups in total. The maximum atomic E-state index is 13.1. The van der Waals surface area contributed by atoms with Gasteiger partial charge in [0.1, 0.15) is 17.8 Å². The van der Waals surface area contributed by atoms with E-state index in [2.05, 4.69) is 21.3 Å². The minimum atomic E-state index is -1.23. The van der Waals surface area contributed by atoms with Gasteiger partial charge in [-0.1, -0.05) is 12.1 Å². The smallest absolute Gasteiger partial charge is 0.326 e. The van der Waals surface area contributed by atoms with E-state index in [0.29, 0.717) is 36.2 Å². The lowest BCUT2D eigenvalue weighted by molar-refractivity contribution is -0.142. The molecule has 2 aromatic carbocycles. The van der Waals surface area contributed by atoms with E-state index >= 15 is 0 Å². The highest BCUT2D eigenvalue weighted by Crippen LogP contribution is 2.29. The van der Waals surface area contributed by atoms with E-state index < -0.39 is 35.9 Å². The number of nitrogens with one attached hydrogen (secondary N) is 4. The number of amides is 2. The van der Waals surface area contributed by atoms with Crippen LogP contribution >= 0.6 is 0 Å². The van der Waals surface area contributed by atoms with Gasteiger partial charge >= 0.3 is 5.97 Å². The first-order chi connectivity index (χ1) is 16.7. The predicted octanol–water partition coefficient (Wildman–Crippen LogP) is 0.382. The molecule has 35 heavy (non-hydrogen) atoms. The van der Waals surface area contributed by atoms with E-state index in [1.54, 1.807) is 44.4 Å². The summed E-state index contributed by atoms with van der Waals surface area (Å²) in [5.41, 5.74) is 9.24. The van der Waals surface area contributed by atoms with Gasteiger partial charge in [-0.15, -0.1) is 0 Å². The lowest BCUT2D eigenvalue weighted by Crippen LogP contribution is -2.55. The first kappa shape index (κ1) is 26.0. The second-order valence-corrected chi connectivity index (χ2v) is 8.71. The molecule has 3 rings (SSSR count). The lowest BCUT2D eigenvalue weighted by Gasteiger charge is -2.24. The van der Waals surface area contributed by atoms with Gasteiger partial charge in [0.05, 0.1) is 6.04 Å². The van der Waals surface area contributed by atoms with E-state index in [0.717, 1.165) is 11.1 Å². The molecule has 2 amide bonds. The number of carboxylic acid groups (broad SMARTS) is 1. The fourth-order valence-corrected chi connectivity index (χ4v) is 4.15. The average molecular weight is 484 g/mol. The normalized spacial score (nSPS) is 20.8. The Morgan fingerprint density at radius 2 is 1.71 bits per heavy atom. The van der Waals surface area contributed by atoms with Crippen molar-refractivity contribution in [2.75, 3.05) is 26.4 Å². The SMILES string of the molecule is CNCCC[C@@H]1NC(=O)[C@@H](NC)Cc2cc(ccc2O)-c2ccc(N)c(c2)C[C@@H](C(=O)O)NC1=O. The maximum absolute atomic E-state index is 13.1. The summed E-state index contributed by atoms with van der Waals surface area (Å²) >= 11 is 0. The number of carbonyl (C=O) groups excluding carboxylic acids is 2. The molecule has 0 spiro atoms. The topological polar surface area (TPSA) is 166 Å². The van der Waals surface area contributed by atoms with E-state index in [4.69, 9.17) is 5.73 Å². The van der Waals surface area contributed by atoms with Crippen molar-refractivity contribution in [3.8, 4) is 16.9 Å². The zero-order chi connectivity index (χ0) is 25.5. The molecule has 0 fully saturated rings. The summed E-state index contributed by atoms with van der Waals surface area (Å²) < 4.78 is 0.